The second-order valence-electron chi connectivity index (χ2n) is 6.80. The van der Waals surface area contributed by atoms with Gasteiger partial charge in [-0.05, 0) is 19.4 Å². The fraction of sp³-hybridized carbons (Fsp3) is 0.625. The Bertz CT molecular complexity index is 675. The average Bonchev–Trinajstić information content (AvgIpc) is 3.12. The lowest BCUT2D eigenvalue weighted by molar-refractivity contribution is -0.129. The zero-order valence-corrected chi connectivity index (χ0v) is 14.7. The predicted octanol–water partition coefficient (Wildman–Crippen LogP) is 0.817. The third kappa shape index (κ3) is 2.76. The molecule has 2 aliphatic heterocycles. The standard InChI is InChI=1S/C16H25N7O/c1-5-6-23-10-11(9-18-23)12-7-13(22(4)20-12)16(2)8-14(24)21(3)15(17)19-16/h7,9,11H,5-6,8,10H2,1-4H3,(H2,17,19)/t11?,16-/m0/s1. The molecule has 3 heterocycles. The van der Waals surface area contributed by atoms with E-state index in [0.29, 0.717) is 6.42 Å². The number of carbonyl (C=O) groups is 1. The second kappa shape index (κ2) is 5.92. The fourth-order valence-electron chi connectivity index (χ4n) is 3.35. The Morgan fingerprint density at radius 1 is 1.46 bits per heavy atom. The van der Waals surface area contributed by atoms with E-state index < -0.39 is 5.54 Å². The van der Waals surface area contributed by atoms with Crippen molar-refractivity contribution in [2.24, 2.45) is 12.1 Å². The molecular weight excluding hydrogens is 306 g/mol. The van der Waals surface area contributed by atoms with E-state index in [1.165, 1.54) is 4.90 Å². The average molecular weight is 331 g/mol. The summed E-state index contributed by atoms with van der Waals surface area (Å²) in [6.45, 7) is 5.87. The van der Waals surface area contributed by atoms with Gasteiger partial charge in [-0.15, -0.1) is 0 Å². The number of nitrogens with one attached hydrogen (secondary N) is 2. The Morgan fingerprint density at radius 2 is 2.21 bits per heavy atom. The number of hydrogen-bond acceptors (Lipinski definition) is 5. The quantitative estimate of drug-likeness (QED) is 0.855. The second-order valence-corrected chi connectivity index (χ2v) is 6.80. The lowest BCUT2D eigenvalue weighted by Gasteiger charge is -2.39. The highest BCUT2D eigenvalue weighted by Gasteiger charge is 2.40. The maximum Gasteiger partial charge on any atom is 0.231 e. The SMILES string of the molecule is CCCN1CC(c2cc([C@]3(C)CC(=O)N(C)C(=N)N3)n(C)n2)C=N1. The molecule has 1 aromatic rings. The minimum Gasteiger partial charge on any atom is -0.345 e. The number of guanidine groups is 1. The maximum absolute atomic E-state index is 12.2. The van der Waals surface area contributed by atoms with Crippen molar-refractivity contribution in [1.82, 2.24) is 25.0 Å². The Hall–Kier alpha value is -2.38. The molecule has 1 unspecified atom stereocenters. The van der Waals surface area contributed by atoms with Gasteiger partial charge < -0.3 is 5.32 Å². The van der Waals surface area contributed by atoms with Crippen LogP contribution in [-0.2, 0) is 17.4 Å². The monoisotopic (exact) mass is 331 g/mol. The van der Waals surface area contributed by atoms with E-state index in [1.54, 1.807) is 7.05 Å². The Kier molecular flexibility index (Phi) is 4.06. The van der Waals surface area contributed by atoms with E-state index in [-0.39, 0.29) is 17.8 Å². The molecule has 2 atom stereocenters. The molecule has 1 aromatic heterocycles. The van der Waals surface area contributed by atoms with Crippen LogP contribution in [0.2, 0.25) is 0 Å². The van der Waals surface area contributed by atoms with Gasteiger partial charge in [0.15, 0.2) is 5.96 Å². The van der Waals surface area contributed by atoms with Crippen LogP contribution in [0.15, 0.2) is 11.2 Å². The first-order valence-corrected chi connectivity index (χ1v) is 8.31. The van der Waals surface area contributed by atoms with Gasteiger partial charge in [0.25, 0.3) is 0 Å². The number of hydrogen-bond donors (Lipinski definition) is 2. The molecule has 130 valence electrons. The highest BCUT2D eigenvalue weighted by molar-refractivity contribution is 5.98. The minimum absolute atomic E-state index is 0.0689. The molecule has 24 heavy (non-hydrogen) atoms. The molecule has 2 aliphatic rings. The molecule has 0 saturated carbocycles. The molecule has 0 spiro atoms. The van der Waals surface area contributed by atoms with Crippen LogP contribution in [0.25, 0.3) is 0 Å². The van der Waals surface area contributed by atoms with Crippen LogP contribution in [0.5, 0.6) is 0 Å². The van der Waals surface area contributed by atoms with Gasteiger partial charge in [0.1, 0.15) is 0 Å². The van der Waals surface area contributed by atoms with Crippen LogP contribution < -0.4 is 5.32 Å². The molecule has 1 amide bonds. The summed E-state index contributed by atoms with van der Waals surface area (Å²) in [6.07, 6.45) is 3.31. The number of nitrogens with zero attached hydrogens (tertiary/aromatic N) is 5. The normalized spacial score (nSPS) is 27.1. The molecule has 0 bridgehead atoms. The van der Waals surface area contributed by atoms with Crippen molar-refractivity contribution in [2.75, 3.05) is 20.1 Å². The summed E-state index contributed by atoms with van der Waals surface area (Å²) in [6, 6.07) is 2.03. The van der Waals surface area contributed by atoms with Gasteiger partial charge in [0.05, 0.1) is 29.3 Å². The van der Waals surface area contributed by atoms with Gasteiger partial charge >= 0.3 is 0 Å². The molecule has 0 radical (unpaired) electrons. The zero-order valence-electron chi connectivity index (χ0n) is 14.7. The van der Waals surface area contributed by atoms with Gasteiger partial charge in [-0.25, -0.2) is 0 Å². The van der Waals surface area contributed by atoms with Crippen molar-refractivity contribution in [1.29, 1.82) is 5.41 Å². The van der Waals surface area contributed by atoms with Crippen LogP contribution in [0.4, 0.5) is 0 Å². The summed E-state index contributed by atoms with van der Waals surface area (Å²) in [5.74, 6) is 0.218. The summed E-state index contributed by atoms with van der Waals surface area (Å²) in [7, 11) is 3.50. The number of rotatable bonds is 4. The topological polar surface area (TPSA) is 89.6 Å². The van der Waals surface area contributed by atoms with Gasteiger partial charge in [0, 0.05) is 33.4 Å². The van der Waals surface area contributed by atoms with E-state index in [1.807, 2.05) is 30.9 Å². The van der Waals surface area contributed by atoms with Gasteiger partial charge in [-0.2, -0.15) is 10.2 Å². The lowest BCUT2D eigenvalue weighted by atomic mass is 9.90. The molecule has 2 N–H and O–H groups in total. The fourth-order valence-corrected chi connectivity index (χ4v) is 3.35. The van der Waals surface area contributed by atoms with Crippen LogP contribution in [-0.4, -0.2) is 57.9 Å². The van der Waals surface area contributed by atoms with Crippen molar-refractivity contribution in [3.8, 4) is 0 Å². The van der Waals surface area contributed by atoms with E-state index in [2.05, 4.69) is 27.4 Å². The number of carbonyl (C=O) groups excluding carboxylic acids is 1. The smallest absolute Gasteiger partial charge is 0.231 e. The number of amides is 1. The Balaban J connectivity index is 1.83. The maximum atomic E-state index is 12.2. The van der Waals surface area contributed by atoms with Crippen LogP contribution in [0.3, 0.4) is 0 Å². The lowest BCUT2D eigenvalue weighted by Crippen LogP contribution is -2.58. The molecule has 1 saturated heterocycles. The van der Waals surface area contributed by atoms with E-state index in [4.69, 9.17) is 5.41 Å². The first kappa shape index (κ1) is 16.5. The molecule has 1 fully saturated rings. The number of hydrazone groups is 1. The van der Waals surface area contributed by atoms with Crippen molar-refractivity contribution < 1.29 is 4.79 Å². The minimum atomic E-state index is -0.625. The zero-order chi connectivity index (χ0) is 17.5. The summed E-state index contributed by atoms with van der Waals surface area (Å²) in [5, 5.41) is 22.3. The van der Waals surface area contributed by atoms with Crippen LogP contribution in [0.1, 0.15) is 44.0 Å². The van der Waals surface area contributed by atoms with Crippen molar-refractivity contribution in [2.45, 2.75) is 38.1 Å². The summed E-state index contributed by atoms with van der Waals surface area (Å²) < 4.78 is 1.81. The first-order chi connectivity index (χ1) is 11.3. The van der Waals surface area contributed by atoms with E-state index >= 15 is 0 Å². The van der Waals surface area contributed by atoms with E-state index in [0.717, 1.165) is 30.9 Å². The van der Waals surface area contributed by atoms with Crippen molar-refractivity contribution in [3.05, 3.63) is 17.5 Å². The molecule has 0 aromatic carbocycles. The first-order valence-electron chi connectivity index (χ1n) is 8.31. The molecule has 3 rings (SSSR count). The molecule has 8 heteroatoms. The molecular formula is C16H25N7O. The number of aryl methyl sites for hydroxylation is 1. The van der Waals surface area contributed by atoms with Crippen molar-refractivity contribution >= 4 is 18.1 Å². The largest absolute Gasteiger partial charge is 0.345 e. The van der Waals surface area contributed by atoms with Crippen LogP contribution >= 0.6 is 0 Å². The molecule has 0 aliphatic carbocycles. The summed E-state index contributed by atoms with van der Waals surface area (Å²) >= 11 is 0. The summed E-state index contributed by atoms with van der Waals surface area (Å²) in [4.78, 5) is 13.5. The van der Waals surface area contributed by atoms with Gasteiger partial charge in [-0.1, -0.05) is 6.92 Å². The van der Waals surface area contributed by atoms with E-state index in [9.17, 15) is 4.79 Å². The highest BCUT2D eigenvalue weighted by atomic mass is 16.2. The van der Waals surface area contributed by atoms with Gasteiger partial charge in [-0.3, -0.25) is 24.8 Å². The number of aromatic nitrogens is 2. The third-order valence-electron chi connectivity index (χ3n) is 4.75. The van der Waals surface area contributed by atoms with Crippen molar-refractivity contribution in [3.63, 3.8) is 0 Å². The van der Waals surface area contributed by atoms with Gasteiger partial charge in [0.2, 0.25) is 5.91 Å². The highest BCUT2D eigenvalue weighted by Crippen LogP contribution is 2.31. The predicted molar refractivity (Wildman–Crippen MR) is 91.9 cm³/mol. The third-order valence-corrected chi connectivity index (χ3v) is 4.75. The van der Waals surface area contributed by atoms with Crippen LogP contribution in [0, 0.1) is 5.41 Å². The summed E-state index contributed by atoms with van der Waals surface area (Å²) in [5.41, 5.74) is 1.24. The Morgan fingerprint density at radius 3 is 2.88 bits per heavy atom. The Labute approximate surface area is 142 Å². The molecule has 8 nitrogen and oxygen atoms in total.